The van der Waals surface area contributed by atoms with Crippen LogP contribution in [-0.4, -0.2) is 79.3 Å². The van der Waals surface area contributed by atoms with E-state index in [0.29, 0.717) is 6.61 Å². The molecule has 0 saturated carbocycles. The molecule has 0 radical (unpaired) electrons. The molecule has 2 N–H and O–H groups in total. The minimum Gasteiger partial charge on any atom is -0.365 e. The molecule has 6 atom stereocenters. The van der Waals surface area contributed by atoms with E-state index in [4.69, 9.17) is 29.4 Å². The van der Waals surface area contributed by atoms with Crippen molar-refractivity contribution in [3.8, 4) is 0 Å². The molecule has 25 heavy (non-hydrogen) atoms. The molecule has 146 valence electrons. The molecule has 3 heterocycles. The quantitative estimate of drug-likeness (QED) is 0.788. The Balaban J connectivity index is 1.79. The van der Waals surface area contributed by atoms with Crippen LogP contribution in [0.2, 0.25) is 0 Å². The van der Waals surface area contributed by atoms with E-state index in [9.17, 15) is 0 Å². The maximum Gasteiger partial charge on any atom is 0.164 e. The molecular weight excluding hydrogens is 324 g/mol. The molecule has 0 aromatic rings. The second kappa shape index (κ2) is 7.03. The molecular formula is C18H34N2O5. The van der Waals surface area contributed by atoms with Crippen LogP contribution in [0.3, 0.4) is 0 Å². The zero-order chi connectivity index (χ0) is 18.4. The highest BCUT2D eigenvalue weighted by molar-refractivity contribution is 5.04. The standard InChI is InChI=1S/C18H34N2O5/c1-7-20(8-2)9-11(19)13-15-16(25-18(5,6)24-15)14-12(22-13)10-21-17(3,4)23-14/h11-16H,7-10,19H2,1-6H3/t11-,12-,13+,14-,15-,16+/m1/s1. The summed E-state index contributed by atoms with van der Waals surface area (Å²) in [6.07, 6.45) is -1.10. The van der Waals surface area contributed by atoms with E-state index in [1.54, 1.807) is 0 Å². The summed E-state index contributed by atoms with van der Waals surface area (Å²) in [7, 11) is 0. The van der Waals surface area contributed by atoms with E-state index in [0.717, 1.165) is 19.6 Å². The number of nitrogens with two attached hydrogens (primary N) is 1. The smallest absolute Gasteiger partial charge is 0.164 e. The molecule has 0 amide bonds. The second-order valence-corrected chi connectivity index (χ2v) is 8.15. The highest BCUT2D eigenvalue weighted by Crippen LogP contribution is 2.42. The highest BCUT2D eigenvalue weighted by atomic mass is 16.8. The summed E-state index contributed by atoms with van der Waals surface area (Å²) < 4.78 is 30.6. The monoisotopic (exact) mass is 358 g/mol. The summed E-state index contributed by atoms with van der Waals surface area (Å²) in [5, 5.41) is 0. The lowest BCUT2D eigenvalue weighted by Gasteiger charge is -2.49. The molecule has 0 spiro atoms. The summed E-state index contributed by atoms with van der Waals surface area (Å²) in [4.78, 5) is 2.30. The molecule has 3 aliphatic rings. The van der Waals surface area contributed by atoms with Crippen molar-refractivity contribution in [3.05, 3.63) is 0 Å². The van der Waals surface area contributed by atoms with Crippen molar-refractivity contribution in [2.45, 2.75) is 89.7 Å². The molecule has 0 aliphatic carbocycles. The van der Waals surface area contributed by atoms with Crippen molar-refractivity contribution < 1.29 is 23.7 Å². The first-order valence-corrected chi connectivity index (χ1v) is 9.46. The van der Waals surface area contributed by atoms with Crippen molar-refractivity contribution in [1.29, 1.82) is 0 Å². The molecule has 0 bridgehead atoms. The normalized spacial score (nSPS) is 40.6. The Morgan fingerprint density at radius 1 is 0.960 bits per heavy atom. The third kappa shape index (κ3) is 4.03. The van der Waals surface area contributed by atoms with Gasteiger partial charge in [0.15, 0.2) is 11.6 Å². The van der Waals surface area contributed by atoms with E-state index >= 15 is 0 Å². The Bertz CT molecular complexity index is 468. The zero-order valence-electron chi connectivity index (χ0n) is 16.4. The van der Waals surface area contributed by atoms with Gasteiger partial charge in [0, 0.05) is 12.6 Å². The molecule has 7 nitrogen and oxygen atoms in total. The minimum atomic E-state index is -0.674. The van der Waals surface area contributed by atoms with Crippen LogP contribution in [0.25, 0.3) is 0 Å². The van der Waals surface area contributed by atoms with Crippen LogP contribution in [0.5, 0.6) is 0 Å². The first-order valence-electron chi connectivity index (χ1n) is 9.46. The van der Waals surface area contributed by atoms with Gasteiger partial charge in [-0.3, -0.25) is 0 Å². The van der Waals surface area contributed by atoms with Gasteiger partial charge in [-0.1, -0.05) is 13.8 Å². The van der Waals surface area contributed by atoms with E-state index in [-0.39, 0.29) is 36.6 Å². The van der Waals surface area contributed by atoms with Crippen molar-refractivity contribution in [2.24, 2.45) is 5.73 Å². The number of nitrogens with zero attached hydrogens (tertiary/aromatic N) is 1. The lowest BCUT2D eigenvalue weighted by Crippen LogP contribution is -2.67. The van der Waals surface area contributed by atoms with Crippen LogP contribution >= 0.6 is 0 Å². The Hall–Kier alpha value is -0.280. The van der Waals surface area contributed by atoms with Crippen LogP contribution in [-0.2, 0) is 23.7 Å². The van der Waals surface area contributed by atoms with Crippen LogP contribution in [0.4, 0.5) is 0 Å². The molecule has 0 unspecified atom stereocenters. The van der Waals surface area contributed by atoms with E-state index in [2.05, 4.69) is 18.7 Å². The van der Waals surface area contributed by atoms with Gasteiger partial charge in [0.05, 0.1) is 6.61 Å². The number of hydrogen-bond acceptors (Lipinski definition) is 7. The average molecular weight is 358 g/mol. The van der Waals surface area contributed by atoms with Crippen LogP contribution in [0, 0.1) is 0 Å². The fourth-order valence-corrected chi connectivity index (χ4v) is 4.04. The average Bonchev–Trinajstić information content (AvgIpc) is 2.86. The fraction of sp³-hybridized carbons (Fsp3) is 1.00. The van der Waals surface area contributed by atoms with Gasteiger partial charge in [0.2, 0.25) is 0 Å². The SMILES string of the molecule is CCN(CC)C[C@@H](N)[C@@H]1O[C@@H]2COC(C)(C)O[C@H]2[C@@H]2OC(C)(C)O[C@@H]21. The number of hydrogen-bond donors (Lipinski definition) is 1. The molecule has 3 rings (SSSR count). The van der Waals surface area contributed by atoms with Gasteiger partial charge in [0.1, 0.15) is 30.5 Å². The van der Waals surface area contributed by atoms with Gasteiger partial charge in [-0.2, -0.15) is 0 Å². The summed E-state index contributed by atoms with van der Waals surface area (Å²) >= 11 is 0. The molecule has 3 saturated heterocycles. The molecule has 3 aliphatic heterocycles. The fourth-order valence-electron chi connectivity index (χ4n) is 4.04. The Morgan fingerprint density at radius 2 is 1.56 bits per heavy atom. The van der Waals surface area contributed by atoms with E-state index in [1.807, 2.05) is 27.7 Å². The Kier molecular flexibility index (Phi) is 5.48. The van der Waals surface area contributed by atoms with Crippen molar-refractivity contribution in [1.82, 2.24) is 4.90 Å². The summed E-state index contributed by atoms with van der Waals surface area (Å²) in [5.41, 5.74) is 6.54. The van der Waals surface area contributed by atoms with Gasteiger partial charge in [-0.25, -0.2) is 0 Å². The zero-order valence-corrected chi connectivity index (χ0v) is 16.4. The summed E-state index contributed by atoms with van der Waals surface area (Å²) in [5.74, 6) is -1.33. The second-order valence-electron chi connectivity index (χ2n) is 8.15. The first kappa shape index (κ1) is 19.5. The number of likely N-dealkylation sites (N-methyl/N-ethyl adjacent to an activating group) is 1. The van der Waals surface area contributed by atoms with Crippen LogP contribution < -0.4 is 5.73 Å². The molecule has 7 heteroatoms. The third-order valence-corrected chi connectivity index (χ3v) is 5.31. The Morgan fingerprint density at radius 3 is 2.20 bits per heavy atom. The predicted molar refractivity (Wildman–Crippen MR) is 93.2 cm³/mol. The van der Waals surface area contributed by atoms with Gasteiger partial charge in [0.25, 0.3) is 0 Å². The van der Waals surface area contributed by atoms with E-state index in [1.165, 1.54) is 0 Å². The van der Waals surface area contributed by atoms with Gasteiger partial charge in [-0.15, -0.1) is 0 Å². The van der Waals surface area contributed by atoms with Gasteiger partial charge in [-0.05, 0) is 40.8 Å². The number of ether oxygens (including phenoxy) is 5. The maximum absolute atomic E-state index is 6.54. The highest BCUT2D eigenvalue weighted by Gasteiger charge is 2.59. The summed E-state index contributed by atoms with van der Waals surface area (Å²) in [6.45, 7) is 15.1. The van der Waals surface area contributed by atoms with Gasteiger partial charge >= 0.3 is 0 Å². The topological polar surface area (TPSA) is 75.4 Å². The first-order chi connectivity index (χ1) is 11.7. The largest absolute Gasteiger partial charge is 0.365 e. The van der Waals surface area contributed by atoms with Gasteiger partial charge < -0.3 is 34.3 Å². The lowest BCUT2D eigenvalue weighted by atomic mass is 9.90. The lowest BCUT2D eigenvalue weighted by molar-refractivity contribution is -0.349. The maximum atomic E-state index is 6.54. The van der Waals surface area contributed by atoms with Crippen molar-refractivity contribution in [3.63, 3.8) is 0 Å². The van der Waals surface area contributed by atoms with E-state index < -0.39 is 11.6 Å². The number of rotatable bonds is 5. The minimum absolute atomic E-state index is 0.166. The molecule has 0 aromatic carbocycles. The molecule has 3 fully saturated rings. The van der Waals surface area contributed by atoms with Crippen LogP contribution in [0.15, 0.2) is 0 Å². The molecule has 0 aromatic heterocycles. The van der Waals surface area contributed by atoms with Crippen LogP contribution in [0.1, 0.15) is 41.5 Å². The third-order valence-electron chi connectivity index (χ3n) is 5.31. The van der Waals surface area contributed by atoms with Crippen molar-refractivity contribution in [2.75, 3.05) is 26.2 Å². The number of fused-ring (bicyclic) bond motifs is 3. The predicted octanol–water partition coefficient (Wildman–Crippen LogP) is 1.09. The Labute approximate surface area is 151 Å². The summed E-state index contributed by atoms with van der Waals surface area (Å²) in [6, 6.07) is -0.166. The van der Waals surface area contributed by atoms with Crippen molar-refractivity contribution >= 4 is 0 Å².